The number of hydrogen-bond donors (Lipinski definition) is 1. The maximum Gasteiger partial charge on any atom is 0.164 e. The van der Waals surface area contributed by atoms with E-state index >= 15 is 0 Å². The maximum absolute atomic E-state index is 6.06. The Morgan fingerprint density at radius 3 is 2.64 bits per heavy atom. The van der Waals surface area contributed by atoms with Crippen molar-refractivity contribution >= 4 is 0 Å². The second kappa shape index (κ2) is 8.98. The van der Waals surface area contributed by atoms with E-state index in [9.17, 15) is 0 Å². The van der Waals surface area contributed by atoms with Crippen LogP contribution >= 0.6 is 0 Å². The van der Waals surface area contributed by atoms with Gasteiger partial charge in [-0.25, -0.2) is 0 Å². The van der Waals surface area contributed by atoms with Crippen LogP contribution < -0.4 is 15.2 Å². The second-order valence-electron chi connectivity index (χ2n) is 5.83. The molecule has 0 bridgehead atoms. The number of piperazine rings is 1. The maximum atomic E-state index is 6.06. The van der Waals surface area contributed by atoms with Gasteiger partial charge in [0.25, 0.3) is 0 Å². The molecule has 0 atom stereocenters. The van der Waals surface area contributed by atoms with Crippen LogP contribution in [0.4, 0.5) is 0 Å². The predicted molar refractivity (Wildman–Crippen MR) is 89.8 cm³/mol. The minimum Gasteiger partial charge on any atom is -0.493 e. The summed E-state index contributed by atoms with van der Waals surface area (Å²) in [6.07, 6.45) is 1.89. The highest BCUT2D eigenvalue weighted by Gasteiger charge is 2.15. The first-order valence-corrected chi connectivity index (χ1v) is 8.14. The zero-order valence-electron chi connectivity index (χ0n) is 13.9. The van der Waals surface area contributed by atoms with E-state index in [0.29, 0.717) is 13.2 Å². The summed E-state index contributed by atoms with van der Waals surface area (Å²) in [4.78, 5) is 4.82. The number of nitrogens with two attached hydrogens (primary N) is 1. The van der Waals surface area contributed by atoms with Gasteiger partial charge in [0.05, 0.1) is 7.11 Å². The Bertz CT molecular complexity index is 446. The molecule has 0 aliphatic carbocycles. The van der Waals surface area contributed by atoms with Crippen LogP contribution in [0.3, 0.4) is 0 Å². The lowest BCUT2D eigenvalue weighted by Crippen LogP contribution is -2.45. The highest BCUT2D eigenvalue weighted by atomic mass is 16.5. The molecule has 1 aliphatic rings. The average molecular weight is 307 g/mol. The standard InChI is InChI=1S/C17H29N3O2/c1-19-9-11-20(12-10-19)13-14-22-17-15(6-4-8-18)5-3-7-16(17)21-2/h3,5,7H,4,6,8-14,18H2,1-2H3. The molecule has 1 aromatic carbocycles. The van der Waals surface area contributed by atoms with Gasteiger partial charge in [0.15, 0.2) is 11.5 Å². The van der Waals surface area contributed by atoms with Crippen LogP contribution in [0, 0.1) is 0 Å². The number of para-hydroxylation sites is 1. The molecule has 1 fully saturated rings. The number of hydrogen-bond acceptors (Lipinski definition) is 5. The Balaban J connectivity index is 1.90. The van der Waals surface area contributed by atoms with E-state index in [1.807, 2.05) is 12.1 Å². The first kappa shape index (κ1) is 17.1. The van der Waals surface area contributed by atoms with E-state index in [4.69, 9.17) is 15.2 Å². The van der Waals surface area contributed by atoms with Crippen molar-refractivity contribution in [2.24, 2.45) is 5.73 Å². The summed E-state index contributed by atoms with van der Waals surface area (Å²) < 4.78 is 11.5. The van der Waals surface area contributed by atoms with Crippen LogP contribution in [0.5, 0.6) is 11.5 Å². The van der Waals surface area contributed by atoms with E-state index in [2.05, 4.69) is 22.9 Å². The number of likely N-dealkylation sites (N-methyl/N-ethyl adjacent to an activating group) is 1. The Kier molecular flexibility index (Phi) is 6.96. The molecule has 1 aromatic rings. The highest BCUT2D eigenvalue weighted by Crippen LogP contribution is 2.31. The highest BCUT2D eigenvalue weighted by molar-refractivity contribution is 5.46. The molecule has 5 heteroatoms. The van der Waals surface area contributed by atoms with E-state index in [-0.39, 0.29) is 0 Å². The molecule has 0 saturated carbocycles. The molecule has 22 heavy (non-hydrogen) atoms. The monoisotopic (exact) mass is 307 g/mol. The molecular weight excluding hydrogens is 278 g/mol. The number of methoxy groups -OCH3 is 1. The van der Waals surface area contributed by atoms with Gasteiger partial charge in [-0.15, -0.1) is 0 Å². The molecule has 1 heterocycles. The van der Waals surface area contributed by atoms with E-state index < -0.39 is 0 Å². The lowest BCUT2D eigenvalue weighted by Gasteiger charge is -2.32. The third-order valence-electron chi connectivity index (χ3n) is 4.18. The fourth-order valence-corrected chi connectivity index (χ4v) is 2.72. The number of aryl methyl sites for hydroxylation is 1. The zero-order valence-corrected chi connectivity index (χ0v) is 13.9. The summed E-state index contributed by atoms with van der Waals surface area (Å²) >= 11 is 0. The zero-order chi connectivity index (χ0) is 15.8. The number of rotatable bonds is 8. The summed E-state index contributed by atoms with van der Waals surface area (Å²) in [5.41, 5.74) is 6.81. The van der Waals surface area contributed by atoms with Crippen LogP contribution in [-0.4, -0.2) is 69.8 Å². The van der Waals surface area contributed by atoms with Gasteiger partial charge < -0.3 is 20.1 Å². The van der Waals surface area contributed by atoms with Gasteiger partial charge >= 0.3 is 0 Å². The van der Waals surface area contributed by atoms with Crippen LogP contribution in [0.25, 0.3) is 0 Å². The van der Waals surface area contributed by atoms with Crippen molar-refractivity contribution in [2.75, 3.05) is 60.0 Å². The molecule has 1 aliphatic heterocycles. The molecule has 2 N–H and O–H groups in total. The van der Waals surface area contributed by atoms with Crippen molar-refractivity contribution in [1.82, 2.24) is 9.80 Å². The largest absolute Gasteiger partial charge is 0.493 e. The minimum absolute atomic E-state index is 0.692. The Morgan fingerprint density at radius 2 is 1.95 bits per heavy atom. The Morgan fingerprint density at radius 1 is 1.18 bits per heavy atom. The molecular formula is C17H29N3O2. The van der Waals surface area contributed by atoms with Gasteiger partial charge in [0.1, 0.15) is 6.61 Å². The Hall–Kier alpha value is -1.30. The van der Waals surface area contributed by atoms with Crippen molar-refractivity contribution in [2.45, 2.75) is 12.8 Å². The van der Waals surface area contributed by atoms with E-state index in [0.717, 1.165) is 57.1 Å². The normalized spacial score (nSPS) is 16.7. The molecule has 1 saturated heterocycles. The Labute approximate surface area is 134 Å². The van der Waals surface area contributed by atoms with Gasteiger partial charge in [-0.05, 0) is 38.1 Å². The summed E-state index contributed by atoms with van der Waals surface area (Å²) in [5, 5.41) is 0. The quantitative estimate of drug-likeness (QED) is 0.782. The van der Waals surface area contributed by atoms with Crippen LogP contribution in [0.15, 0.2) is 18.2 Å². The van der Waals surface area contributed by atoms with Crippen molar-refractivity contribution in [1.29, 1.82) is 0 Å². The van der Waals surface area contributed by atoms with E-state index in [1.165, 1.54) is 5.56 Å². The van der Waals surface area contributed by atoms with Gasteiger partial charge in [0, 0.05) is 32.7 Å². The van der Waals surface area contributed by atoms with Gasteiger partial charge in [-0.2, -0.15) is 0 Å². The predicted octanol–water partition coefficient (Wildman–Crippen LogP) is 1.21. The van der Waals surface area contributed by atoms with Crippen molar-refractivity contribution < 1.29 is 9.47 Å². The summed E-state index contributed by atoms with van der Waals surface area (Å²) in [7, 11) is 3.86. The minimum atomic E-state index is 0.692. The fraction of sp³-hybridized carbons (Fsp3) is 0.647. The smallest absolute Gasteiger partial charge is 0.164 e. The molecule has 0 radical (unpaired) electrons. The third kappa shape index (κ3) is 4.87. The molecule has 2 rings (SSSR count). The van der Waals surface area contributed by atoms with Gasteiger partial charge in [0.2, 0.25) is 0 Å². The third-order valence-corrected chi connectivity index (χ3v) is 4.18. The summed E-state index contributed by atoms with van der Waals surface area (Å²) in [6, 6.07) is 6.07. The lowest BCUT2D eigenvalue weighted by molar-refractivity contribution is 0.132. The van der Waals surface area contributed by atoms with Gasteiger partial charge in [-0.3, -0.25) is 4.90 Å². The fourth-order valence-electron chi connectivity index (χ4n) is 2.72. The molecule has 0 unspecified atom stereocenters. The molecule has 124 valence electrons. The van der Waals surface area contributed by atoms with Crippen molar-refractivity contribution in [3.8, 4) is 11.5 Å². The first-order valence-electron chi connectivity index (χ1n) is 8.14. The van der Waals surface area contributed by atoms with Crippen LogP contribution in [0.2, 0.25) is 0 Å². The average Bonchev–Trinajstić information content (AvgIpc) is 2.55. The molecule has 5 nitrogen and oxygen atoms in total. The van der Waals surface area contributed by atoms with Crippen molar-refractivity contribution in [3.05, 3.63) is 23.8 Å². The number of benzene rings is 1. The topological polar surface area (TPSA) is 51.0 Å². The lowest BCUT2D eigenvalue weighted by atomic mass is 10.1. The van der Waals surface area contributed by atoms with E-state index in [1.54, 1.807) is 7.11 Å². The molecule has 0 amide bonds. The summed E-state index contributed by atoms with van der Waals surface area (Å²) in [5.74, 6) is 1.69. The molecule has 0 aromatic heterocycles. The van der Waals surface area contributed by atoms with Crippen LogP contribution in [0.1, 0.15) is 12.0 Å². The number of nitrogens with zero attached hydrogens (tertiary/aromatic N) is 2. The van der Waals surface area contributed by atoms with Gasteiger partial charge in [-0.1, -0.05) is 12.1 Å². The van der Waals surface area contributed by atoms with Crippen molar-refractivity contribution in [3.63, 3.8) is 0 Å². The second-order valence-corrected chi connectivity index (χ2v) is 5.83. The van der Waals surface area contributed by atoms with Crippen LogP contribution in [-0.2, 0) is 6.42 Å². The molecule has 0 spiro atoms. The summed E-state index contributed by atoms with van der Waals surface area (Å²) in [6.45, 7) is 6.85. The SMILES string of the molecule is COc1cccc(CCCN)c1OCCN1CCN(C)CC1. The number of ether oxygens (including phenoxy) is 2. The first-order chi connectivity index (χ1) is 10.7.